The first-order valence-corrected chi connectivity index (χ1v) is 7.93. The molecule has 1 heterocycles. The Labute approximate surface area is 113 Å². The normalized spacial score (nSPS) is 17.2. The second kappa shape index (κ2) is 5.44. The second-order valence-electron chi connectivity index (χ2n) is 5.07. The Morgan fingerprint density at radius 3 is 2.79 bits per heavy atom. The average Bonchev–Trinajstić information content (AvgIpc) is 3.17. The van der Waals surface area contributed by atoms with Crippen LogP contribution in [0.25, 0.3) is 0 Å². The van der Waals surface area contributed by atoms with Gasteiger partial charge in [-0.1, -0.05) is 13.3 Å². The molecule has 0 spiro atoms. The summed E-state index contributed by atoms with van der Waals surface area (Å²) >= 11 is 0. The molecule has 1 aromatic rings. The monoisotopic (exact) mass is 284 g/mol. The average molecular weight is 284 g/mol. The molecule has 106 valence electrons. The van der Waals surface area contributed by atoms with Crippen molar-refractivity contribution in [1.29, 1.82) is 0 Å². The summed E-state index contributed by atoms with van der Waals surface area (Å²) in [6.45, 7) is 2.61. The fraction of sp³-hybridized carbons (Fsp3) is 0.583. The molecular weight excluding hydrogens is 264 g/mol. The molecule has 1 saturated carbocycles. The lowest BCUT2D eigenvalue weighted by atomic mass is 10.0. The van der Waals surface area contributed by atoms with Crippen molar-refractivity contribution in [2.45, 2.75) is 37.5 Å². The van der Waals surface area contributed by atoms with Crippen LogP contribution in [0.4, 0.5) is 5.82 Å². The van der Waals surface area contributed by atoms with Crippen LogP contribution in [0.1, 0.15) is 32.6 Å². The van der Waals surface area contributed by atoms with Crippen LogP contribution in [0, 0.1) is 5.41 Å². The molecule has 4 N–H and O–H groups in total. The van der Waals surface area contributed by atoms with E-state index < -0.39 is 10.0 Å². The van der Waals surface area contributed by atoms with Gasteiger partial charge in [-0.25, -0.2) is 24.0 Å². The highest BCUT2D eigenvalue weighted by atomic mass is 32.2. The van der Waals surface area contributed by atoms with Gasteiger partial charge in [0.05, 0.1) is 0 Å². The number of aromatic nitrogens is 1. The number of nitrogen functional groups attached to an aromatic ring is 1. The first-order chi connectivity index (χ1) is 9.03. The first-order valence-electron chi connectivity index (χ1n) is 6.44. The molecule has 0 aliphatic heterocycles. The SMILES string of the molecule is CCCC1(CNS(=O)(=O)c2cccnc2NN)CC1. The summed E-state index contributed by atoms with van der Waals surface area (Å²) in [4.78, 5) is 3.99. The van der Waals surface area contributed by atoms with Crippen LogP contribution in [-0.2, 0) is 10.0 Å². The highest BCUT2D eigenvalue weighted by molar-refractivity contribution is 7.89. The van der Waals surface area contributed by atoms with Crippen molar-refractivity contribution in [3.8, 4) is 0 Å². The van der Waals surface area contributed by atoms with E-state index in [1.807, 2.05) is 0 Å². The van der Waals surface area contributed by atoms with Crippen molar-refractivity contribution >= 4 is 15.8 Å². The van der Waals surface area contributed by atoms with Crippen LogP contribution in [0.5, 0.6) is 0 Å². The van der Waals surface area contributed by atoms with E-state index in [1.54, 1.807) is 6.07 Å². The number of anilines is 1. The number of rotatable bonds is 7. The zero-order valence-corrected chi connectivity index (χ0v) is 11.8. The molecule has 0 bridgehead atoms. The predicted octanol–water partition coefficient (Wildman–Crippen LogP) is 1.23. The van der Waals surface area contributed by atoms with Gasteiger partial charge in [-0.2, -0.15) is 0 Å². The fourth-order valence-electron chi connectivity index (χ4n) is 2.26. The van der Waals surface area contributed by atoms with Crippen molar-refractivity contribution in [1.82, 2.24) is 9.71 Å². The lowest BCUT2D eigenvalue weighted by molar-refractivity contribution is 0.449. The summed E-state index contributed by atoms with van der Waals surface area (Å²) in [5.41, 5.74) is 2.48. The van der Waals surface area contributed by atoms with E-state index in [0.717, 1.165) is 25.7 Å². The maximum absolute atomic E-state index is 12.2. The Hall–Kier alpha value is -1.18. The minimum atomic E-state index is -3.57. The van der Waals surface area contributed by atoms with E-state index >= 15 is 0 Å². The number of nitrogens with one attached hydrogen (secondary N) is 2. The third kappa shape index (κ3) is 3.23. The summed E-state index contributed by atoms with van der Waals surface area (Å²) in [5, 5.41) is 0. The Bertz CT molecular complexity index is 540. The molecule has 0 saturated heterocycles. The summed E-state index contributed by atoms with van der Waals surface area (Å²) in [6.07, 6.45) is 5.82. The third-order valence-corrected chi connectivity index (χ3v) is 5.00. The van der Waals surface area contributed by atoms with Crippen LogP contribution >= 0.6 is 0 Å². The van der Waals surface area contributed by atoms with Gasteiger partial charge >= 0.3 is 0 Å². The lowest BCUT2D eigenvalue weighted by Crippen LogP contribution is -2.31. The Kier molecular flexibility index (Phi) is 4.07. The highest BCUT2D eigenvalue weighted by Crippen LogP contribution is 2.49. The summed E-state index contributed by atoms with van der Waals surface area (Å²) in [7, 11) is -3.57. The first kappa shape index (κ1) is 14.2. The van der Waals surface area contributed by atoms with Crippen molar-refractivity contribution in [2.24, 2.45) is 11.3 Å². The van der Waals surface area contributed by atoms with Crippen molar-refractivity contribution in [3.05, 3.63) is 18.3 Å². The molecule has 7 heteroatoms. The molecule has 1 aliphatic carbocycles. The zero-order valence-electron chi connectivity index (χ0n) is 11.0. The number of nitrogens with two attached hydrogens (primary N) is 1. The molecule has 0 amide bonds. The molecule has 2 rings (SSSR count). The maximum atomic E-state index is 12.2. The largest absolute Gasteiger partial charge is 0.307 e. The zero-order chi connectivity index (χ0) is 13.9. The van der Waals surface area contributed by atoms with Gasteiger partial charge in [-0.15, -0.1) is 0 Å². The van der Waals surface area contributed by atoms with Gasteiger partial charge in [-0.3, -0.25) is 0 Å². The fourth-order valence-corrected chi connectivity index (χ4v) is 3.54. The van der Waals surface area contributed by atoms with Crippen LogP contribution < -0.4 is 16.0 Å². The molecule has 1 aliphatic rings. The summed E-state index contributed by atoms with van der Waals surface area (Å²) < 4.78 is 27.2. The summed E-state index contributed by atoms with van der Waals surface area (Å²) in [6, 6.07) is 3.07. The standard InChI is InChI=1S/C12H20N4O2S/c1-2-5-12(6-7-12)9-15-19(17,18)10-4-3-8-14-11(10)16-13/h3-4,8,15H,2,5-7,9,13H2,1H3,(H,14,16). The van der Waals surface area contributed by atoms with E-state index in [-0.39, 0.29) is 16.1 Å². The molecule has 0 aromatic carbocycles. The van der Waals surface area contributed by atoms with Crippen molar-refractivity contribution in [3.63, 3.8) is 0 Å². The van der Waals surface area contributed by atoms with E-state index in [4.69, 9.17) is 5.84 Å². The molecule has 0 atom stereocenters. The molecule has 0 unspecified atom stereocenters. The number of nitrogens with zero attached hydrogens (tertiary/aromatic N) is 1. The van der Waals surface area contributed by atoms with Gasteiger partial charge in [0.25, 0.3) is 0 Å². The van der Waals surface area contributed by atoms with Crippen LogP contribution in [0.3, 0.4) is 0 Å². The van der Waals surface area contributed by atoms with Crippen molar-refractivity contribution < 1.29 is 8.42 Å². The van der Waals surface area contributed by atoms with E-state index in [1.165, 1.54) is 12.3 Å². The number of hydrogen-bond donors (Lipinski definition) is 3. The van der Waals surface area contributed by atoms with E-state index in [2.05, 4.69) is 22.1 Å². The van der Waals surface area contributed by atoms with Gasteiger partial charge in [0.15, 0.2) is 5.82 Å². The van der Waals surface area contributed by atoms with E-state index in [9.17, 15) is 8.42 Å². The van der Waals surface area contributed by atoms with Crippen LogP contribution in [0.2, 0.25) is 0 Å². The number of sulfonamides is 1. The van der Waals surface area contributed by atoms with Gasteiger partial charge in [0.1, 0.15) is 4.90 Å². The predicted molar refractivity (Wildman–Crippen MR) is 73.8 cm³/mol. The lowest BCUT2D eigenvalue weighted by Gasteiger charge is -2.16. The minimum Gasteiger partial charge on any atom is -0.307 e. The van der Waals surface area contributed by atoms with Gasteiger partial charge < -0.3 is 5.43 Å². The van der Waals surface area contributed by atoms with Crippen LogP contribution in [-0.4, -0.2) is 19.9 Å². The number of hydrogen-bond acceptors (Lipinski definition) is 5. The highest BCUT2D eigenvalue weighted by Gasteiger charge is 2.42. The quantitative estimate of drug-likeness (QED) is 0.517. The second-order valence-corrected chi connectivity index (χ2v) is 6.80. The molecule has 1 aromatic heterocycles. The van der Waals surface area contributed by atoms with Gasteiger partial charge in [-0.05, 0) is 36.8 Å². The Morgan fingerprint density at radius 1 is 1.47 bits per heavy atom. The smallest absolute Gasteiger partial charge is 0.244 e. The Balaban J connectivity index is 2.10. The summed E-state index contributed by atoms with van der Waals surface area (Å²) in [5.74, 6) is 5.45. The molecule has 6 nitrogen and oxygen atoms in total. The molecule has 0 radical (unpaired) electrons. The minimum absolute atomic E-state index is 0.0878. The maximum Gasteiger partial charge on any atom is 0.244 e. The molecule has 1 fully saturated rings. The van der Waals surface area contributed by atoms with Crippen LogP contribution in [0.15, 0.2) is 23.2 Å². The third-order valence-electron chi connectivity index (χ3n) is 3.57. The van der Waals surface area contributed by atoms with E-state index in [0.29, 0.717) is 6.54 Å². The molecule has 19 heavy (non-hydrogen) atoms. The van der Waals surface area contributed by atoms with Crippen molar-refractivity contribution in [2.75, 3.05) is 12.0 Å². The topological polar surface area (TPSA) is 97.1 Å². The number of hydrazine groups is 1. The van der Waals surface area contributed by atoms with Gasteiger partial charge in [0.2, 0.25) is 10.0 Å². The molecular formula is C12H20N4O2S. The Morgan fingerprint density at radius 2 is 2.21 bits per heavy atom. The van der Waals surface area contributed by atoms with Gasteiger partial charge in [0, 0.05) is 12.7 Å². The number of pyridine rings is 1.